The van der Waals surface area contributed by atoms with Crippen LogP contribution in [0.15, 0.2) is 18.2 Å². The number of carbonyl (C=O) groups is 1. The zero-order valence-electron chi connectivity index (χ0n) is 11.7. The third kappa shape index (κ3) is 3.63. The molecule has 0 N–H and O–H groups in total. The van der Waals surface area contributed by atoms with E-state index in [9.17, 15) is 17.1 Å². The van der Waals surface area contributed by atoms with Crippen LogP contribution in [0.25, 0.3) is 0 Å². The highest BCUT2D eigenvalue weighted by Gasteiger charge is 2.35. The van der Waals surface area contributed by atoms with Crippen molar-refractivity contribution in [1.82, 2.24) is 0 Å². The van der Waals surface area contributed by atoms with Crippen LogP contribution >= 0.6 is 0 Å². The Morgan fingerprint density at radius 3 is 2.62 bits per heavy atom. The number of anilines is 1. The molecule has 0 bridgehead atoms. The van der Waals surface area contributed by atoms with Crippen LogP contribution in [0.2, 0.25) is 0 Å². The highest BCUT2D eigenvalue weighted by Crippen LogP contribution is 2.36. The molecule has 1 aromatic carbocycles. The van der Waals surface area contributed by atoms with Crippen molar-refractivity contribution in [1.29, 1.82) is 0 Å². The van der Waals surface area contributed by atoms with Gasteiger partial charge in [-0.2, -0.15) is 8.42 Å². The molecule has 1 aromatic rings. The van der Waals surface area contributed by atoms with Gasteiger partial charge >= 0.3 is 10.2 Å². The minimum Gasteiger partial charge on any atom is -0.497 e. The first-order valence-corrected chi connectivity index (χ1v) is 7.84. The van der Waals surface area contributed by atoms with Gasteiger partial charge in [0.15, 0.2) is 0 Å². The maximum absolute atomic E-state index is 12.8. The van der Waals surface area contributed by atoms with Crippen molar-refractivity contribution in [3.8, 4) is 11.5 Å². The molecule has 0 saturated carbocycles. The summed E-state index contributed by atoms with van der Waals surface area (Å²) in [5.74, 6) is -0.478. The Labute approximate surface area is 122 Å². The van der Waals surface area contributed by atoms with Gasteiger partial charge < -0.3 is 14.4 Å². The van der Waals surface area contributed by atoms with E-state index < -0.39 is 21.9 Å². The summed E-state index contributed by atoms with van der Waals surface area (Å²) < 4.78 is 44.5. The van der Waals surface area contributed by atoms with Crippen LogP contribution < -0.4 is 14.4 Å². The summed E-state index contributed by atoms with van der Waals surface area (Å²) in [6, 6.07) is 4.97. The summed E-state index contributed by atoms with van der Waals surface area (Å²) in [6.07, 6.45) is -0.0104. The van der Waals surface area contributed by atoms with Crippen LogP contribution in [0.5, 0.6) is 11.5 Å². The predicted octanol–water partition coefficient (Wildman–Crippen LogP) is 1.36. The first-order valence-electron chi connectivity index (χ1n) is 6.28. The van der Waals surface area contributed by atoms with E-state index in [0.717, 1.165) is 0 Å². The van der Waals surface area contributed by atoms with Gasteiger partial charge in [-0.3, -0.25) is 4.79 Å². The molecule has 1 amide bonds. The van der Waals surface area contributed by atoms with E-state index in [4.69, 9.17) is 9.47 Å². The molecule has 0 aliphatic carbocycles. The molecule has 1 atom stereocenters. The average Bonchev–Trinajstić information content (AvgIpc) is 2.76. The van der Waals surface area contributed by atoms with Crippen molar-refractivity contribution in [2.75, 3.05) is 31.4 Å². The maximum Gasteiger partial charge on any atom is 0.302 e. The van der Waals surface area contributed by atoms with E-state index in [1.807, 2.05) is 0 Å². The predicted molar refractivity (Wildman–Crippen MR) is 74.9 cm³/mol. The van der Waals surface area contributed by atoms with Gasteiger partial charge in [-0.15, -0.1) is 3.89 Å². The Hall–Kier alpha value is -1.83. The molecule has 8 heteroatoms. The number of carbonyl (C=O) groups excluding carboxylic acids is 1. The van der Waals surface area contributed by atoms with Crippen LogP contribution in [0.1, 0.15) is 6.42 Å². The van der Waals surface area contributed by atoms with Gasteiger partial charge in [0.05, 0.1) is 25.7 Å². The molecule has 6 nitrogen and oxygen atoms in total. The number of rotatable bonds is 5. The molecule has 21 heavy (non-hydrogen) atoms. The van der Waals surface area contributed by atoms with Crippen molar-refractivity contribution in [2.45, 2.75) is 6.42 Å². The molecule has 1 aliphatic heterocycles. The zero-order valence-corrected chi connectivity index (χ0v) is 12.5. The molecule has 0 spiro atoms. The Bertz CT molecular complexity index is 646. The molecule has 1 fully saturated rings. The number of benzene rings is 1. The van der Waals surface area contributed by atoms with Crippen molar-refractivity contribution in [3.63, 3.8) is 0 Å². The molecular weight excluding hydrogens is 301 g/mol. The maximum atomic E-state index is 12.8. The fourth-order valence-electron chi connectivity index (χ4n) is 2.42. The highest BCUT2D eigenvalue weighted by molar-refractivity contribution is 7.86. The van der Waals surface area contributed by atoms with E-state index in [0.29, 0.717) is 17.2 Å². The molecule has 0 radical (unpaired) electrons. The summed E-state index contributed by atoms with van der Waals surface area (Å²) in [7, 11) is -1.64. The van der Waals surface area contributed by atoms with Crippen LogP contribution in [-0.2, 0) is 15.0 Å². The van der Waals surface area contributed by atoms with E-state index in [1.165, 1.54) is 19.1 Å². The van der Waals surface area contributed by atoms with E-state index in [-0.39, 0.29) is 18.9 Å². The molecular formula is C13H16FNO5S. The number of hydrogen-bond acceptors (Lipinski definition) is 5. The smallest absolute Gasteiger partial charge is 0.302 e. The number of amides is 1. The highest BCUT2D eigenvalue weighted by atomic mass is 32.3. The molecule has 116 valence electrons. The second kappa shape index (κ2) is 5.88. The van der Waals surface area contributed by atoms with E-state index in [2.05, 4.69) is 0 Å². The standard InChI is InChI=1S/C13H16FNO5S/c1-19-10-3-4-12(20-2)11(6-10)15-7-9(5-13(15)16)8-21(14,17)18/h3-4,6,9H,5,7-8H2,1-2H3. The lowest BCUT2D eigenvalue weighted by molar-refractivity contribution is -0.117. The van der Waals surface area contributed by atoms with Gasteiger partial charge in [0.1, 0.15) is 11.5 Å². The monoisotopic (exact) mass is 317 g/mol. The van der Waals surface area contributed by atoms with Crippen molar-refractivity contribution >= 4 is 21.8 Å². The average molecular weight is 317 g/mol. The van der Waals surface area contributed by atoms with Gasteiger partial charge in [-0.25, -0.2) is 0 Å². The number of ether oxygens (including phenoxy) is 2. The zero-order chi connectivity index (χ0) is 15.6. The van der Waals surface area contributed by atoms with Crippen molar-refractivity contribution in [3.05, 3.63) is 18.2 Å². The largest absolute Gasteiger partial charge is 0.497 e. The van der Waals surface area contributed by atoms with Gasteiger partial charge in [-0.1, -0.05) is 0 Å². The van der Waals surface area contributed by atoms with Gasteiger partial charge in [0, 0.05) is 24.9 Å². The fourth-order valence-corrected chi connectivity index (χ4v) is 3.20. The summed E-state index contributed by atoms with van der Waals surface area (Å²) in [4.78, 5) is 13.5. The van der Waals surface area contributed by atoms with E-state index >= 15 is 0 Å². The molecule has 1 heterocycles. The van der Waals surface area contributed by atoms with E-state index in [1.54, 1.807) is 18.2 Å². The van der Waals surface area contributed by atoms with Crippen LogP contribution in [0.4, 0.5) is 9.57 Å². The van der Waals surface area contributed by atoms with Crippen molar-refractivity contribution in [2.24, 2.45) is 5.92 Å². The Morgan fingerprint density at radius 1 is 1.33 bits per heavy atom. The lowest BCUT2D eigenvalue weighted by atomic mass is 10.1. The summed E-state index contributed by atoms with van der Waals surface area (Å²) in [5, 5.41) is 0. The Balaban J connectivity index is 2.28. The third-order valence-corrected chi connectivity index (χ3v) is 4.19. The lowest BCUT2D eigenvalue weighted by Gasteiger charge is -2.20. The lowest BCUT2D eigenvalue weighted by Crippen LogP contribution is -2.25. The van der Waals surface area contributed by atoms with Crippen molar-refractivity contribution < 1.29 is 26.6 Å². The van der Waals surface area contributed by atoms with Gasteiger partial charge in [0.2, 0.25) is 5.91 Å². The number of nitrogens with zero attached hydrogens (tertiary/aromatic N) is 1. The normalized spacial score (nSPS) is 18.9. The molecule has 1 aliphatic rings. The molecule has 1 unspecified atom stereocenters. The minimum absolute atomic E-state index is 0.0104. The van der Waals surface area contributed by atoms with Crippen LogP contribution in [0.3, 0.4) is 0 Å². The topological polar surface area (TPSA) is 72.9 Å². The Morgan fingerprint density at radius 2 is 2.05 bits per heavy atom. The molecule has 0 aromatic heterocycles. The fraction of sp³-hybridized carbons (Fsp3) is 0.462. The second-order valence-corrected chi connectivity index (χ2v) is 6.23. The van der Waals surface area contributed by atoms with Crippen LogP contribution in [0, 0.1) is 5.92 Å². The summed E-state index contributed by atoms with van der Waals surface area (Å²) in [6.45, 7) is 0.130. The summed E-state index contributed by atoms with van der Waals surface area (Å²) >= 11 is 0. The first kappa shape index (κ1) is 15.6. The number of methoxy groups -OCH3 is 2. The first-order chi connectivity index (χ1) is 9.84. The summed E-state index contributed by atoms with van der Waals surface area (Å²) in [5.41, 5.74) is 0.487. The Kier molecular flexibility index (Phi) is 4.36. The SMILES string of the molecule is COc1ccc(OC)c(N2CC(CS(=O)(=O)F)CC2=O)c1. The third-order valence-electron chi connectivity index (χ3n) is 3.32. The number of hydrogen-bond donors (Lipinski definition) is 0. The molecule has 1 saturated heterocycles. The second-order valence-electron chi connectivity index (χ2n) is 4.82. The minimum atomic E-state index is -4.60. The van der Waals surface area contributed by atoms with Crippen LogP contribution in [-0.4, -0.2) is 40.8 Å². The quantitative estimate of drug-likeness (QED) is 0.767. The van der Waals surface area contributed by atoms with Gasteiger partial charge in [0.25, 0.3) is 0 Å². The van der Waals surface area contributed by atoms with Gasteiger partial charge in [-0.05, 0) is 12.1 Å². The molecule has 2 rings (SSSR count). The number of halogens is 1.